The van der Waals surface area contributed by atoms with E-state index in [1.807, 2.05) is 0 Å². The molecule has 1 N–H and O–H groups in total. The third-order valence-corrected chi connectivity index (χ3v) is 2.50. The van der Waals surface area contributed by atoms with Crippen LogP contribution in [0.5, 0.6) is 0 Å². The van der Waals surface area contributed by atoms with Crippen LogP contribution in [0.4, 0.5) is 0 Å². The molecule has 0 saturated heterocycles. The number of hydrogen-bond acceptors (Lipinski definition) is 4. The molecule has 0 saturated carbocycles. The van der Waals surface area contributed by atoms with Gasteiger partial charge in [0.25, 0.3) is 0 Å². The second-order valence-corrected chi connectivity index (χ2v) is 3.57. The Labute approximate surface area is 94.7 Å². The molecule has 2 rings (SSSR count). The molecule has 0 fully saturated rings. The highest BCUT2D eigenvalue weighted by atomic mass is 16.5. The Bertz CT molecular complexity index is 426. The topological polar surface area (TPSA) is 51.0 Å². The van der Waals surface area contributed by atoms with Gasteiger partial charge in [0, 0.05) is 6.54 Å². The van der Waals surface area contributed by atoms with Crippen LogP contribution in [-0.4, -0.2) is 10.1 Å². The van der Waals surface area contributed by atoms with Crippen LogP contribution in [0.25, 0.3) is 0 Å². The van der Waals surface area contributed by atoms with Crippen molar-refractivity contribution in [1.82, 2.24) is 15.5 Å². The van der Waals surface area contributed by atoms with Gasteiger partial charge in [-0.15, -0.1) is 0 Å². The molecule has 84 valence electrons. The number of aromatic nitrogens is 2. The Balaban J connectivity index is 1.89. The van der Waals surface area contributed by atoms with E-state index in [1.54, 1.807) is 0 Å². The van der Waals surface area contributed by atoms with E-state index in [0.29, 0.717) is 12.4 Å². The fraction of sp³-hybridized carbons (Fsp3) is 0.333. The minimum atomic E-state index is 0.633. The molecule has 0 atom stereocenters. The molecular formula is C12H15N3O. The maximum atomic E-state index is 4.66. The molecule has 1 aromatic carbocycles. The molecule has 4 heteroatoms. The van der Waals surface area contributed by atoms with Gasteiger partial charge in [-0.1, -0.05) is 36.3 Å². The summed E-state index contributed by atoms with van der Waals surface area (Å²) in [5.74, 6) is 0.689. The summed E-state index contributed by atoms with van der Waals surface area (Å²) in [4.78, 5) is 3.95. The summed E-state index contributed by atoms with van der Waals surface area (Å²) in [6, 6.07) is 8.43. The quantitative estimate of drug-likeness (QED) is 0.831. The van der Waals surface area contributed by atoms with Crippen LogP contribution in [-0.2, 0) is 19.5 Å². The van der Waals surface area contributed by atoms with E-state index >= 15 is 0 Å². The molecule has 0 aliphatic carbocycles. The summed E-state index contributed by atoms with van der Waals surface area (Å²) in [5, 5.41) is 7.04. The summed E-state index contributed by atoms with van der Waals surface area (Å²) >= 11 is 0. The van der Waals surface area contributed by atoms with E-state index in [1.165, 1.54) is 17.5 Å². The third kappa shape index (κ3) is 2.67. The highest BCUT2D eigenvalue weighted by molar-refractivity contribution is 5.26. The van der Waals surface area contributed by atoms with Crippen molar-refractivity contribution in [2.45, 2.75) is 26.4 Å². The monoisotopic (exact) mass is 217 g/mol. The van der Waals surface area contributed by atoms with Crippen molar-refractivity contribution in [2.75, 3.05) is 0 Å². The van der Waals surface area contributed by atoms with Gasteiger partial charge < -0.3 is 9.84 Å². The second-order valence-electron chi connectivity index (χ2n) is 3.57. The highest BCUT2D eigenvalue weighted by Crippen LogP contribution is 2.08. The highest BCUT2D eigenvalue weighted by Gasteiger charge is 2.01. The lowest BCUT2D eigenvalue weighted by molar-refractivity contribution is 0.407. The smallest absolute Gasteiger partial charge is 0.213 e. The number of nitrogens with one attached hydrogen (secondary N) is 1. The first-order chi connectivity index (χ1) is 7.90. The van der Waals surface area contributed by atoms with Crippen LogP contribution in [0.15, 0.2) is 35.2 Å². The molecule has 0 radical (unpaired) electrons. The van der Waals surface area contributed by atoms with E-state index < -0.39 is 0 Å². The second kappa shape index (κ2) is 5.42. The van der Waals surface area contributed by atoms with E-state index in [4.69, 9.17) is 0 Å². The zero-order chi connectivity index (χ0) is 11.2. The van der Waals surface area contributed by atoms with E-state index in [0.717, 1.165) is 13.0 Å². The number of rotatable bonds is 5. The van der Waals surface area contributed by atoms with Crippen molar-refractivity contribution in [3.63, 3.8) is 0 Å². The lowest BCUT2D eigenvalue weighted by atomic mass is 10.1. The van der Waals surface area contributed by atoms with E-state index in [2.05, 4.69) is 51.2 Å². The van der Waals surface area contributed by atoms with Gasteiger partial charge in [0.1, 0.15) is 0 Å². The van der Waals surface area contributed by atoms with Gasteiger partial charge in [-0.2, -0.15) is 4.98 Å². The zero-order valence-electron chi connectivity index (χ0n) is 9.31. The standard InChI is InChI=1S/C12H15N3O/c1-2-10-5-3-4-6-11(10)7-13-8-12-14-9-16-15-12/h3-6,9,13H,2,7-8H2,1H3. The van der Waals surface area contributed by atoms with Crippen LogP contribution < -0.4 is 5.32 Å². The van der Waals surface area contributed by atoms with Gasteiger partial charge in [-0.25, -0.2) is 0 Å². The fourth-order valence-electron chi connectivity index (χ4n) is 1.65. The molecular weight excluding hydrogens is 202 g/mol. The fourth-order valence-corrected chi connectivity index (χ4v) is 1.65. The van der Waals surface area contributed by atoms with Crippen LogP contribution in [0.1, 0.15) is 23.9 Å². The molecule has 1 heterocycles. The predicted octanol–water partition coefficient (Wildman–Crippen LogP) is 1.92. The van der Waals surface area contributed by atoms with Gasteiger partial charge >= 0.3 is 0 Å². The zero-order valence-corrected chi connectivity index (χ0v) is 9.31. The Morgan fingerprint density at radius 2 is 2.00 bits per heavy atom. The minimum absolute atomic E-state index is 0.633. The minimum Gasteiger partial charge on any atom is -0.343 e. The molecule has 0 aliphatic heterocycles. The SMILES string of the molecule is CCc1ccccc1CNCc1ncon1. The maximum Gasteiger partial charge on any atom is 0.213 e. The molecule has 4 nitrogen and oxygen atoms in total. The van der Waals surface area contributed by atoms with Crippen molar-refractivity contribution < 1.29 is 4.52 Å². The summed E-state index contributed by atoms with van der Waals surface area (Å²) in [6.07, 6.45) is 2.40. The summed E-state index contributed by atoms with van der Waals surface area (Å²) in [5.41, 5.74) is 2.71. The lowest BCUT2D eigenvalue weighted by Crippen LogP contribution is -2.14. The lowest BCUT2D eigenvalue weighted by Gasteiger charge is -2.07. The van der Waals surface area contributed by atoms with Gasteiger partial charge in [0.15, 0.2) is 5.82 Å². The summed E-state index contributed by atoms with van der Waals surface area (Å²) in [7, 11) is 0. The molecule has 0 aliphatic rings. The number of benzene rings is 1. The largest absolute Gasteiger partial charge is 0.343 e. The third-order valence-electron chi connectivity index (χ3n) is 2.50. The Morgan fingerprint density at radius 3 is 2.69 bits per heavy atom. The van der Waals surface area contributed by atoms with Crippen LogP contribution in [0.2, 0.25) is 0 Å². The van der Waals surface area contributed by atoms with Crippen LogP contribution in [0.3, 0.4) is 0 Å². The molecule has 2 aromatic rings. The Kier molecular flexibility index (Phi) is 3.66. The molecule has 0 spiro atoms. The van der Waals surface area contributed by atoms with E-state index in [9.17, 15) is 0 Å². The van der Waals surface area contributed by atoms with Crippen molar-refractivity contribution in [3.8, 4) is 0 Å². The maximum absolute atomic E-state index is 4.66. The normalized spacial score (nSPS) is 10.6. The number of aryl methyl sites for hydroxylation is 1. The van der Waals surface area contributed by atoms with Crippen molar-refractivity contribution >= 4 is 0 Å². The Morgan fingerprint density at radius 1 is 1.19 bits per heavy atom. The molecule has 0 unspecified atom stereocenters. The number of hydrogen-bond donors (Lipinski definition) is 1. The summed E-state index contributed by atoms with van der Waals surface area (Å²) < 4.78 is 4.66. The van der Waals surface area contributed by atoms with Crippen LogP contribution in [0, 0.1) is 0 Å². The first-order valence-electron chi connectivity index (χ1n) is 5.43. The van der Waals surface area contributed by atoms with Crippen molar-refractivity contribution in [3.05, 3.63) is 47.6 Å². The van der Waals surface area contributed by atoms with Gasteiger partial charge in [-0.05, 0) is 17.5 Å². The first kappa shape index (κ1) is 10.8. The van der Waals surface area contributed by atoms with Gasteiger partial charge in [0.05, 0.1) is 6.54 Å². The Hall–Kier alpha value is -1.68. The molecule has 16 heavy (non-hydrogen) atoms. The molecule has 0 amide bonds. The van der Waals surface area contributed by atoms with Crippen molar-refractivity contribution in [2.24, 2.45) is 0 Å². The molecule has 0 bridgehead atoms. The van der Waals surface area contributed by atoms with E-state index in [-0.39, 0.29) is 0 Å². The van der Waals surface area contributed by atoms with Gasteiger partial charge in [0.2, 0.25) is 6.39 Å². The van der Waals surface area contributed by atoms with Gasteiger partial charge in [-0.3, -0.25) is 0 Å². The van der Waals surface area contributed by atoms with Crippen LogP contribution >= 0.6 is 0 Å². The average molecular weight is 217 g/mol. The first-order valence-corrected chi connectivity index (χ1v) is 5.43. The predicted molar refractivity (Wildman–Crippen MR) is 60.7 cm³/mol. The molecule has 1 aromatic heterocycles. The average Bonchev–Trinajstić information content (AvgIpc) is 2.83. The summed E-state index contributed by atoms with van der Waals surface area (Å²) in [6.45, 7) is 3.63. The number of nitrogens with zero attached hydrogens (tertiary/aromatic N) is 2. The van der Waals surface area contributed by atoms with Crippen molar-refractivity contribution in [1.29, 1.82) is 0 Å².